The van der Waals surface area contributed by atoms with Crippen LogP contribution in [0.5, 0.6) is 0 Å². The van der Waals surface area contributed by atoms with E-state index in [-0.39, 0.29) is 5.78 Å². The summed E-state index contributed by atoms with van der Waals surface area (Å²) in [5.74, 6) is 0.0228. The number of anilines is 2. The summed E-state index contributed by atoms with van der Waals surface area (Å²) < 4.78 is 0. The maximum absolute atomic E-state index is 11.4. The van der Waals surface area contributed by atoms with Crippen molar-refractivity contribution in [2.75, 3.05) is 43.9 Å². The van der Waals surface area contributed by atoms with Gasteiger partial charge in [0.05, 0.1) is 0 Å². The van der Waals surface area contributed by atoms with Crippen molar-refractivity contribution in [1.82, 2.24) is 4.90 Å². The van der Waals surface area contributed by atoms with E-state index >= 15 is 0 Å². The van der Waals surface area contributed by atoms with Gasteiger partial charge < -0.3 is 15.5 Å². The molecule has 2 N–H and O–H groups in total. The van der Waals surface area contributed by atoms with Crippen molar-refractivity contribution in [1.29, 1.82) is 0 Å². The predicted octanol–water partition coefficient (Wildman–Crippen LogP) is 1.61. The fourth-order valence-electron chi connectivity index (χ4n) is 2.37. The Balaban J connectivity index is 2.18. The Labute approximate surface area is 108 Å². The molecule has 4 heteroatoms. The third-order valence-electron chi connectivity index (χ3n) is 3.50. The van der Waals surface area contributed by atoms with Gasteiger partial charge in [-0.3, -0.25) is 4.79 Å². The first-order valence-electron chi connectivity index (χ1n) is 6.42. The van der Waals surface area contributed by atoms with Crippen molar-refractivity contribution in [2.45, 2.75) is 13.3 Å². The minimum Gasteiger partial charge on any atom is -0.398 e. The van der Waals surface area contributed by atoms with Gasteiger partial charge in [-0.1, -0.05) is 0 Å². The fraction of sp³-hybridized carbons (Fsp3) is 0.500. The number of nitrogen functional groups attached to an aromatic ring is 1. The Hall–Kier alpha value is -1.55. The summed E-state index contributed by atoms with van der Waals surface area (Å²) in [6, 6.07) is 5.75. The van der Waals surface area contributed by atoms with Gasteiger partial charge in [0.15, 0.2) is 5.78 Å². The SMILES string of the molecule is CC(=O)c1ccc(N2CCCN(C)CC2)cc1N. The maximum atomic E-state index is 11.4. The van der Waals surface area contributed by atoms with E-state index < -0.39 is 0 Å². The van der Waals surface area contributed by atoms with E-state index in [1.165, 1.54) is 0 Å². The van der Waals surface area contributed by atoms with Crippen molar-refractivity contribution in [3.63, 3.8) is 0 Å². The fourth-order valence-corrected chi connectivity index (χ4v) is 2.37. The van der Waals surface area contributed by atoms with Crippen LogP contribution in [0.4, 0.5) is 11.4 Å². The second-order valence-electron chi connectivity index (χ2n) is 4.97. The molecule has 4 nitrogen and oxygen atoms in total. The number of nitrogens with two attached hydrogens (primary N) is 1. The minimum atomic E-state index is 0.0228. The Bertz CT molecular complexity index is 445. The van der Waals surface area contributed by atoms with E-state index in [0.29, 0.717) is 11.3 Å². The number of benzene rings is 1. The molecular formula is C14H21N3O. The zero-order valence-corrected chi connectivity index (χ0v) is 11.1. The van der Waals surface area contributed by atoms with Crippen LogP contribution in [0.1, 0.15) is 23.7 Å². The summed E-state index contributed by atoms with van der Waals surface area (Å²) in [4.78, 5) is 16.0. The first-order valence-corrected chi connectivity index (χ1v) is 6.42. The molecule has 0 atom stereocenters. The summed E-state index contributed by atoms with van der Waals surface area (Å²) in [6.45, 7) is 5.80. The van der Waals surface area contributed by atoms with E-state index in [1.54, 1.807) is 6.92 Å². The van der Waals surface area contributed by atoms with Crippen LogP contribution in [0.25, 0.3) is 0 Å². The molecule has 0 aromatic heterocycles. The van der Waals surface area contributed by atoms with Crippen molar-refractivity contribution >= 4 is 17.2 Å². The molecule has 1 aromatic carbocycles. The molecular weight excluding hydrogens is 226 g/mol. The topological polar surface area (TPSA) is 49.6 Å². The number of carbonyl (C=O) groups is 1. The first-order chi connectivity index (χ1) is 8.58. The molecule has 98 valence electrons. The lowest BCUT2D eigenvalue weighted by atomic mass is 10.1. The van der Waals surface area contributed by atoms with Gasteiger partial charge >= 0.3 is 0 Å². The van der Waals surface area contributed by atoms with Crippen LogP contribution in [0, 0.1) is 0 Å². The van der Waals surface area contributed by atoms with Crippen molar-refractivity contribution < 1.29 is 4.79 Å². The largest absolute Gasteiger partial charge is 0.398 e. The molecule has 1 aliphatic heterocycles. The molecule has 0 radical (unpaired) electrons. The van der Waals surface area contributed by atoms with Gasteiger partial charge in [-0.25, -0.2) is 0 Å². The summed E-state index contributed by atoms with van der Waals surface area (Å²) in [6.07, 6.45) is 1.16. The van der Waals surface area contributed by atoms with Gasteiger partial charge in [0, 0.05) is 36.6 Å². The second-order valence-corrected chi connectivity index (χ2v) is 4.97. The Morgan fingerprint density at radius 2 is 2.00 bits per heavy atom. The standard InChI is InChI=1S/C14H21N3O/c1-11(18)13-5-4-12(10-14(13)15)17-7-3-6-16(2)8-9-17/h4-5,10H,3,6-9,15H2,1-2H3. The molecule has 1 aromatic rings. The lowest BCUT2D eigenvalue weighted by Crippen LogP contribution is -2.28. The average molecular weight is 247 g/mol. The maximum Gasteiger partial charge on any atom is 0.161 e. The van der Waals surface area contributed by atoms with Crippen molar-refractivity contribution in [2.24, 2.45) is 0 Å². The number of rotatable bonds is 2. The van der Waals surface area contributed by atoms with Crippen LogP contribution in [0.2, 0.25) is 0 Å². The highest BCUT2D eigenvalue weighted by Crippen LogP contribution is 2.22. The quantitative estimate of drug-likeness (QED) is 0.637. The van der Waals surface area contributed by atoms with Crippen LogP contribution >= 0.6 is 0 Å². The normalized spacial score (nSPS) is 17.6. The van der Waals surface area contributed by atoms with Gasteiger partial charge in [0.25, 0.3) is 0 Å². The predicted molar refractivity (Wildman–Crippen MR) is 75.2 cm³/mol. The lowest BCUT2D eigenvalue weighted by Gasteiger charge is -2.23. The number of carbonyl (C=O) groups excluding carboxylic acids is 1. The number of nitrogens with zero attached hydrogens (tertiary/aromatic N) is 2. The second kappa shape index (κ2) is 5.40. The number of likely N-dealkylation sites (N-methyl/N-ethyl adjacent to an activating group) is 1. The van der Waals surface area contributed by atoms with E-state index in [0.717, 1.165) is 38.3 Å². The number of ketones is 1. The van der Waals surface area contributed by atoms with Gasteiger partial charge in [0.1, 0.15) is 0 Å². The third-order valence-corrected chi connectivity index (χ3v) is 3.50. The van der Waals surface area contributed by atoms with E-state index in [2.05, 4.69) is 16.8 Å². The highest BCUT2D eigenvalue weighted by Gasteiger charge is 2.14. The summed E-state index contributed by atoms with van der Waals surface area (Å²) >= 11 is 0. The third kappa shape index (κ3) is 2.82. The molecule has 0 saturated carbocycles. The van der Waals surface area contributed by atoms with Gasteiger partial charge in [-0.15, -0.1) is 0 Å². The number of hydrogen-bond acceptors (Lipinski definition) is 4. The smallest absolute Gasteiger partial charge is 0.161 e. The van der Waals surface area contributed by atoms with E-state index in [4.69, 9.17) is 5.73 Å². The molecule has 1 saturated heterocycles. The van der Waals surface area contributed by atoms with E-state index in [9.17, 15) is 4.79 Å². The highest BCUT2D eigenvalue weighted by molar-refractivity contribution is 5.99. The Morgan fingerprint density at radius 3 is 2.67 bits per heavy atom. The van der Waals surface area contributed by atoms with Crippen molar-refractivity contribution in [3.05, 3.63) is 23.8 Å². The number of Topliss-reactive ketones (excluding diaryl/α,β-unsaturated/α-hetero) is 1. The van der Waals surface area contributed by atoms with Gasteiger partial charge in [-0.2, -0.15) is 0 Å². The van der Waals surface area contributed by atoms with Crippen LogP contribution in [0.3, 0.4) is 0 Å². The first kappa shape index (κ1) is 12.9. The molecule has 1 fully saturated rings. The lowest BCUT2D eigenvalue weighted by molar-refractivity contribution is 0.101. The molecule has 0 aliphatic carbocycles. The molecule has 1 heterocycles. The van der Waals surface area contributed by atoms with Crippen LogP contribution in [-0.4, -0.2) is 43.9 Å². The minimum absolute atomic E-state index is 0.0228. The van der Waals surface area contributed by atoms with Crippen LogP contribution < -0.4 is 10.6 Å². The zero-order chi connectivity index (χ0) is 13.1. The van der Waals surface area contributed by atoms with Crippen molar-refractivity contribution in [3.8, 4) is 0 Å². The molecule has 0 amide bonds. The average Bonchev–Trinajstić information content (AvgIpc) is 2.53. The molecule has 0 bridgehead atoms. The molecule has 2 rings (SSSR count). The van der Waals surface area contributed by atoms with E-state index in [1.807, 2.05) is 18.2 Å². The molecule has 0 unspecified atom stereocenters. The Morgan fingerprint density at radius 1 is 1.22 bits per heavy atom. The van der Waals surface area contributed by atoms with Gasteiger partial charge in [-0.05, 0) is 45.1 Å². The van der Waals surface area contributed by atoms with Crippen LogP contribution in [0.15, 0.2) is 18.2 Å². The highest BCUT2D eigenvalue weighted by atomic mass is 16.1. The summed E-state index contributed by atoms with van der Waals surface area (Å²) in [7, 11) is 2.15. The molecule has 1 aliphatic rings. The monoisotopic (exact) mass is 247 g/mol. The summed E-state index contributed by atoms with van der Waals surface area (Å²) in [5.41, 5.74) is 8.25. The van der Waals surface area contributed by atoms with Gasteiger partial charge in [0.2, 0.25) is 0 Å². The Kier molecular flexibility index (Phi) is 3.87. The zero-order valence-electron chi connectivity index (χ0n) is 11.1. The number of hydrogen-bond donors (Lipinski definition) is 1. The summed E-state index contributed by atoms with van der Waals surface area (Å²) in [5, 5.41) is 0. The van der Waals surface area contributed by atoms with Crippen LogP contribution in [-0.2, 0) is 0 Å². The molecule has 0 spiro atoms. The molecule has 18 heavy (non-hydrogen) atoms.